The lowest BCUT2D eigenvalue weighted by Gasteiger charge is -2.23. The van der Waals surface area contributed by atoms with Crippen LogP contribution in [0.3, 0.4) is 0 Å². The van der Waals surface area contributed by atoms with Crippen LogP contribution in [0.2, 0.25) is 0 Å². The van der Waals surface area contributed by atoms with Gasteiger partial charge in [0.2, 0.25) is 0 Å². The molecule has 2 rings (SSSR count). The number of anilines is 1. The fourth-order valence-electron chi connectivity index (χ4n) is 2.05. The number of hydrogen-bond acceptors (Lipinski definition) is 4. The van der Waals surface area contributed by atoms with Crippen LogP contribution >= 0.6 is 23.1 Å². The summed E-state index contributed by atoms with van der Waals surface area (Å²) >= 11 is 3.49. The minimum Gasteiger partial charge on any atom is -0.370 e. The molecule has 0 aliphatic heterocycles. The molecule has 0 unspecified atom stereocenters. The Kier molecular flexibility index (Phi) is 4.69. The standard InChI is InChI=1S/C14H18N2S2/c1-16(9-11-6-7-18-10-11)13-4-3-5-14(17-2)12(13)8-15/h3-7,10H,8-9,15H2,1-2H3. The van der Waals surface area contributed by atoms with E-state index in [4.69, 9.17) is 5.73 Å². The molecule has 2 aromatic rings. The molecule has 2 nitrogen and oxygen atoms in total. The Morgan fingerprint density at radius 3 is 2.78 bits per heavy atom. The first-order valence-electron chi connectivity index (χ1n) is 5.84. The van der Waals surface area contributed by atoms with Crippen molar-refractivity contribution in [1.82, 2.24) is 0 Å². The molecule has 0 spiro atoms. The fraction of sp³-hybridized carbons (Fsp3) is 0.286. The summed E-state index contributed by atoms with van der Waals surface area (Å²) < 4.78 is 0. The van der Waals surface area contributed by atoms with Crippen molar-refractivity contribution in [2.75, 3.05) is 18.2 Å². The smallest absolute Gasteiger partial charge is 0.0434 e. The lowest BCUT2D eigenvalue weighted by atomic mass is 10.1. The fourth-order valence-corrected chi connectivity index (χ4v) is 3.36. The van der Waals surface area contributed by atoms with Gasteiger partial charge in [-0.05, 0) is 40.8 Å². The Morgan fingerprint density at radius 2 is 2.17 bits per heavy atom. The highest BCUT2D eigenvalue weighted by molar-refractivity contribution is 7.98. The van der Waals surface area contributed by atoms with Gasteiger partial charge in [0, 0.05) is 36.3 Å². The second kappa shape index (κ2) is 6.27. The van der Waals surface area contributed by atoms with E-state index in [1.165, 1.54) is 21.7 Å². The Balaban J connectivity index is 2.26. The van der Waals surface area contributed by atoms with Crippen LogP contribution in [-0.4, -0.2) is 13.3 Å². The van der Waals surface area contributed by atoms with E-state index in [1.807, 2.05) is 0 Å². The van der Waals surface area contributed by atoms with Crippen LogP contribution in [0.1, 0.15) is 11.1 Å². The first-order chi connectivity index (χ1) is 8.76. The number of nitrogens with zero attached hydrogens (tertiary/aromatic N) is 1. The van der Waals surface area contributed by atoms with Gasteiger partial charge in [-0.1, -0.05) is 6.07 Å². The van der Waals surface area contributed by atoms with Gasteiger partial charge in [0.15, 0.2) is 0 Å². The van der Waals surface area contributed by atoms with E-state index in [0.29, 0.717) is 6.54 Å². The van der Waals surface area contributed by atoms with E-state index >= 15 is 0 Å². The largest absolute Gasteiger partial charge is 0.370 e. The molecular formula is C14H18N2S2. The molecule has 0 radical (unpaired) electrons. The van der Waals surface area contributed by atoms with Crippen molar-refractivity contribution in [3.63, 3.8) is 0 Å². The summed E-state index contributed by atoms with van der Waals surface area (Å²) in [5, 5.41) is 4.31. The molecule has 0 saturated heterocycles. The SMILES string of the molecule is CSc1cccc(N(C)Cc2ccsc2)c1CN. The Bertz CT molecular complexity index is 495. The van der Waals surface area contributed by atoms with Gasteiger partial charge in [0.25, 0.3) is 0 Å². The molecular weight excluding hydrogens is 260 g/mol. The summed E-state index contributed by atoms with van der Waals surface area (Å²) in [6, 6.07) is 8.55. The van der Waals surface area contributed by atoms with Gasteiger partial charge in [0.05, 0.1) is 0 Å². The van der Waals surface area contributed by atoms with Gasteiger partial charge in [-0.2, -0.15) is 11.3 Å². The van der Waals surface area contributed by atoms with E-state index in [0.717, 1.165) is 6.54 Å². The van der Waals surface area contributed by atoms with E-state index in [1.54, 1.807) is 23.1 Å². The molecule has 18 heavy (non-hydrogen) atoms. The zero-order valence-corrected chi connectivity index (χ0v) is 12.4. The highest BCUT2D eigenvalue weighted by atomic mass is 32.2. The third kappa shape index (κ3) is 2.88. The van der Waals surface area contributed by atoms with Gasteiger partial charge >= 0.3 is 0 Å². The molecule has 2 N–H and O–H groups in total. The number of nitrogens with two attached hydrogens (primary N) is 1. The first-order valence-corrected chi connectivity index (χ1v) is 8.01. The van der Waals surface area contributed by atoms with Crippen LogP contribution < -0.4 is 10.6 Å². The minimum atomic E-state index is 0.584. The summed E-state index contributed by atoms with van der Waals surface area (Å²) in [6.07, 6.45) is 2.09. The quantitative estimate of drug-likeness (QED) is 0.848. The van der Waals surface area contributed by atoms with Gasteiger partial charge < -0.3 is 10.6 Å². The maximum atomic E-state index is 5.90. The molecule has 0 atom stereocenters. The maximum absolute atomic E-state index is 5.90. The normalized spacial score (nSPS) is 10.6. The predicted octanol–water partition coefficient (Wildman–Crippen LogP) is 3.57. The van der Waals surface area contributed by atoms with Gasteiger partial charge in [-0.25, -0.2) is 0 Å². The topological polar surface area (TPSA) is 29.3 Å². The average molecular weight is 278 g/mol. The number of hydrogen-bond donors (Lipinski definition) is 1. The molecule has 0 saturated carbocycles. The van der Waals surface area contributed by atoms with Crippen molar-refractivity contribution in [3.05, 3.63) is 46.2 Å². The van der Waals surface area contributed by atoms with E-state index in [2.05, 4.69) is 53.2 Å². The zero-order chi connectivity index (χ0) is 13.0. The first kappa shape index (κ1) is 13.5. The van der Waals surface area contributed by atoms with Crippen molar-refractivity contribution in [3.8, 4) is 0 Å². The molecule has 1 heterocycles. The van der Waals surface area contributed by atoms with Crippen molar-refractivity contribution >= 4 is 28.8 Å². The molecule has 0 fully saturated rings. The second-order valence-corrected chi connectivity index (χ2v) is 5.78. The molecule has 96 valence electrons. The van der Waals surface area contributed by atoms with Crippen LogP contribution in [0.25, 0.3) is 0 Å². The Morgan fingerprint density at radius 1 is 1.33 bits per heavy atom. The highest BCUT2D eigenvalue weighted by Crippen LogP contribution is 2.29. The molecule has 1 aromatic carbocycles. The van der Waals surface area contributed by atoms with E-state index in [9.17, 15) is 0 Å². The van der Waals surface area contributed by atoms with Crippen LogP contribution in [-0.2, 0) is 13.1 Å². The van der Waals surface area contributed by atoms with Gasteiger partial charge in [-0.3, -0.25) is 0 Å². The molecule has 0 aliphatic carbocycles. The predicted molar refractivity (Wildman–Crippen MR) is 82.5 cm³/mol. The van der Waals surface area contributed by atoms with Crippen LogP contribution in [0.5, 0.6) is 0 Å². The van der Waals surface area contributed by atoms with Gasteiger partial charge in [-0.15, -0.1) is 11.8 Å². The minimum absolute atomic E-state index is 0.584. The third-order valence-corrected chi connectivity index (χ3v) is 4.50. The summed E-state index contributed by atoms with van der Waals surface area (Å²) in [5.74, 6) is 0. The number of thiophene rings is 1. The highest BCUT2D eigenvalue weighted by Gasteiger charge is 2.10. The van der Waals surface area contributed by atoms with Crippen molar-refractivity contribution in [2.24, 2.45) is 5.73 Å². The average Bonchev–Trinajstić information content (AvgIpc) is 2.90. The summed E-state index contributed by atoms with van der Waals surface area (Å²) in [4.78, 5) is 3.54. The molecule has 0 aliphatic rings. The van der Waals surface area contributed by atoms with E-state index in [-0.39, 0.29) is 0 Å². The maximum Gasteiger partial charge on any atom is 0.0434 e. The lowest BCUT2D eigenvalue weighted by Crippen LogP contribution is -2.19. The molecule has 1 aromatic heterocycles. The lowest BCUT2D eigenvalue weighted by molar-refractivity contribution is 0.897. The van der Waals surface area contributed by atoms with E-state index < -0.39 is 0 Å². The third-order valence-electron chi connectivity index (χ3n) is 2.94. The molecule has 0 bridgehead atoms. The molecule has 0 amide bonds. The van der Waals surface area contributed by atoms with Crippen LogP contribution in [0, 0.1) is 0 Å². The number of rotatable bonds is 5. The monoisotopic (exact) mass is 278 g/mol. The zero-order valence-electron chi connectivity index (χ0n) is 10.7. The van der Waals surface area contributed by atoms with Gasteiger partial charge in [0.1, 0.15) is 0 Å². The van der Waals surface area contributed by atoms with Crippen molar-refractivity contribution in [2.45, 2.75) is 18.0 Å². The van der Waals surface area contributed by atoms with Crippen molar-refractivity contribution in [1.29, 1.82) is 0 Å². The summed E-state index contributed by atoms with van der Waals surface area (Å²) in [6.45, 7) is 1.51. The second-order valence-electron chi connectivity index (χ2n) is 4.15. The number of benzene rings is 1. The van der Waals surface area contributed by atoms with Crippen LogP contribution in [0.4, 0.5) is 5.69 Å². The number of thioether (sulfide) groups is 1. The Labute approximate surface area is 117 Å². The summed E-state index contributed by atoms with van der Waals surface area (Å²) in [7, 11) is 2.12. The molecule has 4 heteroatoms. The summed E-state index contributed by atoms with van der Waals surface area (Å²) in [5.41, 5.74) is 9.72. The van der Waals surface area contributed by atoms with Crippen molar-refractivity contribution < 1.29 is 0 Å². The Hall–Kier alpha value is -0.970. The van der Waals surface area contributed by atoms with Crippen LogP contribution in [0.15, 0.2) is 39.9 Å².